The number of halogens is 1. The van der Waals surface area contributed by atoms with Crippen molar-refractivity contribution >= 4 is 28.4 Å². The van der Waals surface area contributed by atoms with Crippen LogP contribution in [0.5, 0.6) is 0 Å². The highest BCUT2D eigenvalue weighted by Gasteiger charge is 2.40. The molecule has 8 heteroatoms. The Balaban J connectivity index is 1.43. The zero-order valence-corrected chi connectivity index (χ0v) is 22.5. The van der Waals surface area contributed by atoms with Gasteiger partial charge >= 0.3 is 0 Å². The van der Waals surface area contributed by atoms with Gasteiger partial charge in [0.1, 0.15) is 6.07 Å². The standard InChI is InChI=1S/C29H35ClN6O/c1-21(2)34-14-16-35(17-15-34)29(11-4-3-5-12-29)20-33-28(37)23-19-36(25-10-6-9-24(30)26(23)25)27-22(18-31)8-7-13-32-27/h6-10,13,19,21H,3-5,11-12,14-17,20H2,1-2H3,(H,33,37). The second kappa shape index (κ2) is 10.8. The van der Waals surface area contributed by atoms with Crippen LogP contribution in [0.2, 0.25) is 5.02 Å². The third-order valence-corrected chi connectivity index (χ3v) is 8.55. The van der Waals surface area contributed by atoms with Gasteiger partial charge < -0.3 is 5.32 Å². The molecule has 37 heavy (non-hydrogen) atoms. The van der Waals surface area contributed by atoms with Crippen LogP contribution in [-0.2, 0) is 0 Å². The minimum absolute atomic E-state index is 0.00585. The molecule has 1 aliphatic carbocycles. The number of benzene rings is 1. The second-order valence-electron chi connectivity index (χ2n) is 10.6. The monoisotopic (exact) mass is 518 g/mol. The molecule has 1 saturated carbocycles. The zero-order chi connectivity index (χ0) is 26.0. The molecule has 0 spiro atoms. The number of hydrogen-bond acceptors (Lipinski definition) is 5. The van der Waals surface area contributed by atoms with Gasteiger partial charge in [0.05, 0.1) is 21.7 Å². The molecule has 0 atom stereocenters. The Labute approximate surface area is 224 Å². The summed E-state index contributed by atoms with van der Waals surface area (Å²) in [5.41, 5.74) is 1.69. The van der Waals surface area contributed by atoms with E-state index >= 15 is 0 Å². The molecule has 0 bridgehead atoms. The number of nitriles is 1. The number of aromatic nitrogens is 2. The Hall–Kier alpha value is -2.92. The summed E-state index contributed by atoms with van der Waals surface area (Å²) < 4.78 is 1.80. The van der Waals surface area contributed by atoms with E-state index in [1.54, 1.807) is 35.2 Å². The van der Waals surface area contributed by atoms with Crippen LogP contribution in [0, 0.1) is 11.3 Å². The van der Waals surface area contributed by atoms with E-state index in [9.17, 15) is 10.1 Å². The maximum Gasteiger partial charge on any atom is 0.253 e. The van der Waals surface area contributed by atoms with Gasteiger partial charge in [0.15, 0.2) is 5.82 Å². The molecule has 1 aliphatic heterocycles. The van der Waals surface area contributed by atoms with Crippen LogP contribution in [0.25, 0.3) is 16.7 Å². The third-order valence-electron chi connectivity index (χ3n) is 8.24. The maximum atomic E-state index is 13.7. The van der Waals surface area contributed by atoms with Gasteiger partial charge in [-0.1, -0.05) is 36.9 Å². The molecule has 5 rings (SSSR count). The number of fused-ring (bicyclic) bond motifs is 1. The summed E-state index contributed by atoms with van der Waals surface area (Å²) in [7, 11) is 0. The lowest BCUT2D eigenvalue weighted by Crippen LogP contribution is -2.62. The average Bonchev–Trinajstić information content (AvgIpc) is 3.33. The van der Waals surface area contributed by atoms with Gasteiger partial charge in [0, 0.05) is 62.1 Å². The second-order valence-corrected chi connectivity index (χ2v) is 11.0. The molecule has 0 radical (unpaired) electrons. The quantitative estimate of drug-likeness (QED) is 0.496. The Bertz CT molecular complexity index is 1310. The first kappa shape index (κ1) is 25.7. The molecule has 3 aromatic rings. The lowest BCUT2D eigenvalue weighted by molar-refractivity contribution is 0.000839. The van der Waals surface area contributed by atoms with E-state index in [2.05, 4.69) is 40.0 Å². The molecule has 1 aromatic carbocycles. The van der Waals surface area contributed by atoms with Crippen molar-refractivity contribution < 1.29 is 4.79 Å². The zero-order valence-electron chi connectivity index (χ0n) is 21.7. The summed E-state index contributed by atoms with van der Waals surface area (Å²) in [6, 6.07) is 11.8. The van der Waals surface area contributed by atoms with Crippen LogP contribution < -0.4 is 5.32 Å². The van der Waals surface area contributed by atoms with Crippen LogP contribution in [-0.4, -0.2) is 69.6 Å². The van der Waals surface area contributed by atoms with Gasteiger partial charge in [0.25, 0.3) is 5.91 Å². The number of carbonyl (C=O) groups excluding carboxylic acids is 1. The summed E-state index contributed by atoms with van der Waals surface area (Å²) in [5, 5.41) is 14.1. The van der Waals surface area contributed by atoms with Crippen LogP contribution >= 0.6 is 11.6 Å². The minimum atomic E-state index is -0.142. The molecule has 2 fully saturated rings. The summed E-state index contributed by atoms with van der Waals surface area (Å²) in [6.07, 6.45) is 9.29. The highest BCUT2D eigenvalue weighted by molar-refractivity contribution is 6.37. The Morgan fingerprint density at radius 1 is 1.14 bits per heavy atom. The number of rotatable bonds is 6. The minimum Gasteiger partial charge on any atom is -0.350 e. The summed E-state index contributed by atoms with van der Waals surface area (Å²) in [6.45, 7) is 9.36. The van der Waals surface area contributed by atoms with Crippen molar-refractivity contribution in [2.75, 3.05) is 32.7 Å². The van der Waals surface area contributed by atoms with Crippen LogP contribution in [0.3, 0.4) is 0 Å². The van der Waals surface area contributed by atoms with E-state index in [0.717, 1.165) is 44.5 Å². The molecule has 0 unspecified atom stereocenters. The highest BCUT2D eigenvalue weighted by Crippen LogP contribution is 2.35. The topological polar surface area (TPSA) is 77.2 Å². The normalized spacial score (nSPS) is 18.7. The van der Waals surface area contributed by atoms with Crippen molar-refractivity contribution in [2.24, 2.45) is 0 Å². The van der Waals surface area contributed by atoms with E-state index in [4.69, 9.17) is 11.6 Å². The van der Waals surface area contributed by atoms with Gasteiger partial charge in [-0.3, -0.25) is 19.2 Å². The molecule has 1 amide bonds. The van der Waals surface area contributed by atoms with Crippen LogP contribution in [0.15, 0.2) is 42.7 Å². The number of piperazine rings is 1. The van der Waals surface area contributed by atoms with Crippen LogP contribution in [0.1, 0.15) is 61.9 Å². The molecular weight excluding hydrogens is 484 g/mol. The van der Waals surface area contributed by atoms with Crippen molar-refractivity contribution in [1.29, 1.82) is 5.26 Å². The summed E-state index contributed by atoms with van der Waals surface area (Å²) >= 11 is 6.63. The lowest BCUT2D eigenvalue weighted by Gasteiger charge is -2.50. The highest BCUT2D eigenvalue weighted by atomic mass is 35.5. The first-order valence-corrected chi connectivity index (χ1v) is 13.7. The van der Waals surface area contributed by atoms with E-state index in [1.165, 1.54) is 19.3 Å². The molecule has 1 N–H and O–H groups in total. The van der Waals surface area contributed by atoms with E-state index in [0.29, 0.717) is 39.9 Å². The number of nitrogens with zero attached hydrogens (tertiary/aromatic N) is 5. The molecule has 2 aromatic heterocycles. The van der Waals surface area contributed by atoms with Crippen LogP contribution in [0.4, 0.5) is 0 Å². The van der Waals surface area contributed by atoms with Gasteiger partial charge in [-0.05, 0) is 51.0 Å². The smallest absolute Gasteiger partial charge is 0.253 e. The molecule has 2 aliphatic rings. The SMILES string of the molecule is CC(C)N1CCN(C2(CNC(=O)c3cn(-c4ncccc4C#N)c4cccc(Cl)c34)CCCCC2)CC1. The molecule has 1 saturated heterocycles. The average molecular weight is 519 g/mol. The van der Waals surface area contributed by atoms with Crippen molar-refractivity contribution in [3.05, 3.63) is 58.9 Å². The number of pyridine rings is 1. The molecular formula is C29H35ClN6O. The largest absolute Gasteiger partial charge is 0.350 e. The lowest BCUT2D eigenvalue weighted by atomic mass is 9.79. The van der Waals surface area contributed by atoms with Gasteiger partial charge in [0.2, 0.25) is 0 Å². The first-order chi connectivity index (χ1) is 17.9. The van der Waals surface area contributed by atoms with Crippen molar-refractivity contribution in [3.8, 4) is 11.9 Å². The predicted octanol–water partition coefficient (Wildman–Crippen LogP) is 5.01. The number of hydrogen-bond donors (Lipinski definition) is 1. The first-order valence-electron chi connectivity index (χ1n) is 13.4. The van der Waals surface area contributed by atoms with Crippen molar-refractivity contribution in [1.82, 2.24) is 24.7 Å². The number of amides is 1. The van der Waals surface area contributed by atoms with Gasteiger partial charge in [-0.15, -0.1) is 0 Å². The van der Waals surface area contributed by atoms with Gasteiger partial charge in [-0.25, -0.2) is 4.98 Å². The molecule has 3 heterocycles. The summed E-state index contributed by atoms with van der Waals surface area (Å²) in [5.74, 6) is 0.347. The number of nitrogens with one attached hydrogen (secondary N) is 1. The fraction of sp³-hybridized carbons (Fsp3) is 0.483. The molecule has 7 nitrogen and oxygen atoms in total. The predicted molar refractivity (Wildman–Crippen MR) is 147 cm³/mol. The third kappa shape index (κ3) is 4.98. The van der Waals surface area contributed by atoms with Gasteiger partial charge in [-0.2, -0.15) is 5.26 Å². The Morgan fingerprint density at radius 3 is 2.59 bits per heavy atom. The van der Waals surface area contributed by atoms with Crippen molar-refractivity contribution in [3.63, 3.8) is 0 Å². The van der Waals surface area contributed by atoms with E-state index in [1.807, 2.05) is 12.1 Å². The summed E-state index contributed by atoms with van der Waals surface area (Å²) in [4.78, 5) is 23.3. The fourth-order valence-electron chi connectivity index (χ4n) is 6.13. The maximum absolute atomic E-state index is 13.7. The van der Waals surface area contributed by atoms with E-state index < -0.39 is 0 Å². The Kier molecular flexibility index (Phi) is 7.52. The van der Waals surface area contributed by atoms with E-state index in [-0.39, 0.29) is 11.4 Å². The molecule has 194 valence electrons. The van der Waals surface area contributed by atoms with Crippen molar-refractivity contribution in [2.45, 2.75) is 57.5 Å². The number of carbonyl (C=O) groups is 1. The Morgan fingerprint density at radius 2 is 1.89 bits per heavy atom. The fourth-order valence-corrected chi connectivity index (χ4v) is 6.41.